The molecular formula is C14H23N3O2. The van der Waals surface area contributed by atoms with E-state index >= 15 is 0 Å². The Bertz CT molecular complexity index is 400. The number of aromatic nitrogens is 2. The first-order chi connectivity index (χ1) is 9.26. The minimum absolute atomic E-state index is 0.0496. The highest BCUT2D eigenvalue weighted by molar-refractivity contribution is 5.22. The van der Waals surface area contributed by atoms with E-state index in [0.717, 1.165) is 31.5 Å². The molecule has 1 aromatic rings. The zero-order valence-electron chi connectivity index (χ0n) is 11.9. The van der Waals surface area contributed by atoms with E-state index in [4.69, 9.17) is 9.47 Å². The van der Waals surface area contributed by atoms with Crippen LogP contribution in [0.5, 0.6) is 5.88 Å². The monoisotopic (exact) mass is 265 g/mol. The lowest BCUT2D eigenvalue weighted by molar-refractivity contribution is 0.0299. The highest BCUT2D eigenvalue weighted by Crippen LogP contribution is 2.32. The van der Waals surface area contributed by atoms with E-state index in [1.807, 2.05) is 0 Å². The molecule has 0 radical (unpaired) electrons. The number of rotatable bonds is 6. The van der Waals surface area contributed by atoms with Gasteiger partial charge < -0.3 is 14.8 Å². The van der Waals surface area contributed by atoms with Gasteiger partial charge in [0.25, 0.3) is 0 Å². The van der Waals surface area contributed by atoms with Gasteiger partial charge >= 0.3 is 0 Å². The molecule has 5 heteroatoms. The second kappa shape index (κ2) is 6.82. The summed E-state index contributed by atoms with van der Waals surface area (Å²) in [7, 11) is 1.63. The topological polar surface area (TPSA) is 56.3 Å². The molecule has 19 heavy (non-hydrogen) atoms. The number of methoxy groups -OCH3 is 1. The Labute approximate surface area is 114 Å². The van der Waals surface area contributed by atoms with Crippen LogP contribution >= 0.6 is 0 Å². The van der Waals surface area contributed by atoms with Crippen molar-refractivity contribution in [3.63, 3.8) is 0 Å². The van der Waals surface area contributed by atoms with Crippen molar-refractivity contribution in [2.45, 2.75) is 51.4 Å². The van der Waals surface area contributed by atoms with Crippen LogP contribution in [0, 0.1) is 0 Å². The maximum Gasteiger partial charge on any atom is 0.237 e. The predicted molar refractivity (Wildman–Crippen MR) is 73.2 cm³/mol. The lowest BCUT2D eigenvalue weighted by atomic mass is 10.0. The van der Waals surface area contributed by atoms with Crippen LogP contribution in [-0.4, -0.2) is 35.8 Å². The van der Waals surface area contributed by atoms with E-state index < -0.39 is 0 Å². The van der Waals surface area contributed by atoms with Gasteiger partial charge in [0.1, 0.15) is 5.69 Å². The average Bonchev–Trinajstić information content (AvgIpc) is 2.86. The van der Waals surface area contributed by atoms with Gasteiger partial charge in [0, 0.05) is 12.4 Å². The molecule has 5 nitrogen and oxygen atoms in total. The Balaban J connectivity index is 2.21. The van der Waals surface area contributed by atoms with Crippen molar-refractivity contribution in [2.75, 3.05) is 13.7 Å². The molecule has 1 N–H and O–H groups in total. The molecule has 0 aliphatic carbocycles. The van der Waals surface area contributed by atoms with Crippen LogP contribution < -0.4 is 10.1 Å². The first kappa shape index (κ1) is 14.2. The van der Waals surface area contributed by atoms with E-state index in [1.165, 1.54) is 0 Å². The summed E-state index contributed by atoms with van der Waals surface area (Å²) in [5.41, 5.74) is 0.845. The van der Waals surface area contributed by atoms with Crippen molar-refractivity contribution in [2.24, 2.45) is 0 Å². The van der Waals surface area contributed by atoms with Crippen LogP contribution in [0.2, 0.25) is 0 Å². The van der Waals surface area contributed by atoms with E-state index in [9.17, 15) is 0 Å². The van der Waals surface area contributed by atoms with Crippen LogP contribution in [0.25, 0.3) is 0 Å². The van der Waals surface area contributed by atoms with Crippen molar-refractivity contribution in [3.8, 4) is 5.88 Å². The summed E-state index contributed by atoms with van der Waals surface area (Å²) >= 11 is 0. The molecule has 2 rings (SSSR count). The first-order valence-electron chi connectivity index (χ1n) is 7.00. The summed E-state index contributed by atoms with van der Waals surface area (Å²) in [6, 6.07) is 0.0496. The smallest absolute Gasteiger partial charge is 0.237 e. The molecule has 1 fully saturated rings. The Morgan fingerprint density at radius 1 is 1.42 bits per heavy atom. The van der Waals surface area contributed by atoms with Gasteiger partial charge in [-0.15, -0.1) is 0 Å². The fourth-order valence-electron chi connectivity index (χ4n) is 2.49. The van der Waals surface area contributed by atoms with Gasteiger partial charge in [0.15, 0.2) is 0 Å². The van der Waals surface area contributed by atoms with Gasteiger partial charge in [-0.3, -0.25) is 4.98 Å². The first-order valence-corrected chi connectivity index (χ1v) is 7.00. The van der Waals surface area contributed by atoms with Crippen LogP contribution in [-0.2, 0) is 4.74 Å². The van der Waals surface area contributed by atoms with Gasteiger partial charge in [0.2, 0.25) is 5.88 Å². The molecule has 0 spiro atoms. The van der Waals surface area contributed by atoms with Crippen molar-refractivity contribution >= 4 is 0 Å². The molecular weight excluding hydrogens is 242 g/mol. The van der Waals surface area contributed by atoms with Crippen LogP contribution in [0.3, 0.4) is 0 Å². The second-order valence-electron chi connectivity index (χ2n) is 4.95. The Kier molecular flexibility index (Phi) is 5.10. The lowest BCUT2D eigenvalue weighted by Crippen LogP contribution is -2.33. The van der Waals surface area contributed by atoms with E-state index in [-0.39, 0.29) is 12.1 Å². The van der Waals surface area contributed by atoms with E-state index in [1.54, 1.807) is 19.5 Å². The van der Waals surface area contributed by atoms with Gasteiger partial charge in [-0.2, -0.15) is 0 Å². The maximum atomic E-state index is 5.99. The number of hydrogen-bond acceptors (Lipinski definition) is 5. The highest BCUT2D eigenvalue weighted by Gasteiger charge is 2.33. The molecule has 0 bridgehead atoms. The van der Waals surface area contributed by atoms with Crippen molar-refractivity contribution in [1.29, 1.82) is 0 Å². The quantitative estimate of drug-likeness (QED) is 0.853. The number of hydrogen-bond donors (Lipinski definition) is 1. The Morgan fingerprint density at radius 3 is 2.84 bits per heavy atom. The third kappa shape index (κ3) is 3.42. The predicted octanol–water partition coefficient (Wildman–Crippen LogP) is 2.09. The summed E-state index contributed by atoms with van der Waals surface area (Å²) in [5, 5.41) is 3.52. The molecule has 0 amide bonds. The van der Waals surface area contributed by atoms with Gasteiger partial charge in [-0.1, -0.05) is 6.92 Å². The zero-order chi connectivity index (χ0) is 13.7. The summed E-state index contributed by atoms with van der Waals surface area (Å²) in [4.78, 5) is 8.68. The SMILES string of the molecule is CCCNC(c1nccnc1OC)C1CCC(C)O1. The summed E-state index contributed by atoms with van der Waals surface area (Å²) in [6.45, 7) is 5.19. The molecule has 0 aromatic carbocycles. The molecule has 1 aliphatic heterocycles. The number of nitrogens with one attached hydrogen (secondary N) is 1. The average molecular weight is 265 g/mol. The second-order valence-corrected chi connectivity index (χ2v) is 4.95. The minimum atomic E-state index is 0.0496. The van der Waals surface area contributed by atoms with Gasteiger partial charge in [0.05, 0.1) is 25.4 Å². The lowest BCUT2D eigenvalue weighted by Gasteiger charge is -2.25. The fraction of sp³-hybridized carbons (Fsp3) is 0.714. The van der Waals surface area contributed by atoms with Crippen molar-refractivity contribution in [1.82, 2.24) is 15.3 Å². The molecule has 2 heterocycles. The van der Waals surface area contributed by atoms with E-state index in [0.29, 0.717) is 12.0 Å². The minimum Gasteiger partial charge on any atom is -0.480 e. The van der Waals surface area contributed by atoms with Crippen molar-refractivity contribution < 1.29 is 9.47 Å². The number of nitrogens with zero attached hydrogens (tertiary/aromatic N) is 2. The largest absolute Gasteiger partial charge is 0.480 e. The molecule has 1 saturated heterocycles. The van der Waals surface area contributed by atoms with Gasteiger partial charge in [-0.05, 0) is 32.7 Å². The Hall–Kier alpha value is -1.20. The van der Waals surface area contributed by atoms with Crippen molar-refractivity contribution in [3.05, 3.63) is 18.1 Å². The molecule has 3 atom stereocenters. The highest BCUT2D eigenvalue weighted by atomic mass is 16.5. The zero-order valence-corrected chi connectivity index (χ0v) is 11.9. The number of ether oxygens (including phenoxy) is 2. The van der Waals surface area contributed by atoms with Crippen LogP contribution in [0.15, 0.2) is 12.4 Å². The molecule has 0 saturated carbocycles. The molecule has 106 valence electrons. The summed E-state index contributed by atoms with van der Waals surface area (Å²) in [6.07, 6.45) is 7.03. The third-order valence-corrected chi connectivity index (χ3v) is 3.43. The third-order valence-electron chi connectivity index (χ3n) is 3.43. The summed E-state index contributed by atoms with van der Waals surface area (Å²) < 4.78 is 11.3. The standard InChI is InChI=1S/C14H23N3O2/c1-4-7-15-12(11-6-5-10(2)19-11)13-14(18-3)17-9-8-16-13/h8-12,15H,4-7H2,1-3H3. The molecule has 1 aromatic heterocycles. The summed E-state index contributed by atoms with van der Waals surface area (Å²) in [5.74, 6) is 0.583. The van der Waals surface area contributed by atoms with Crippen LogP contribution in [0.1, 0.15) is 44.8 Å². The fourth-order valence-corrected chi connectivity index (χ4v) is 2.49. The van der Waals surface area contributed by atoms with E-state index in [2.05, 4.69) is 29.1 Å². The maximum absolute atomic E-state index is 5.99. The van der Waals surface area contributed by atoms with Crippen LogP contribution in [0.4, 0.5) is 0 Å². The molecule has 1 aliphatic rings. The molecule has 3 unspecified atom stereocenters. The normalized spacial score (nSPS) is 24.4. The Morgan fingerprint density at radius 2 is 2.21 bits per heavy atom. The van der Waals surface area contributed by atoms with Gasteiger partial charge in [-0.25, -0.2) is 4.98 Å².